The number of nitriles is 2. The minimum absolute atomic E-state index is 0.0715. The van der Waals surface area contributed by atoms with Crippen molar-refractivity contribution in [2.45, 2.75) is 19.9 Å². The molecule has 1 amide bonds. The standard InChI is InChI=1S/C15H13N5O/c1-10-6-14(21)19-20-15(10)12-4-2-11(3-5-12)9-18-13(7-16)8-17/h2-5,10H,6,9H2,1H3,(H,19,21)/t10-/m1/s1. The lowest BCUT2D eigenvalue weighted by atomic mass is 9.93. The third kappa shape index (κ3) is 3.52. The number of nitrogens with one attached hydrogen (secondary N) is 1. The molecule has 1 aromatic carbocycles. The summed E-state index contributed by atoms with van der Waals surface area (Å²) in [5.41, 5.74) is 5.04. The van der Waals surface area contributed by atoms with Gasteiger partial charge in [0.1, 0.15) is 12.1 Å². The third-order valence-electron chi connectivity index (χ3n) is 3.14. The van der Waals surface area contributed by atoms with Crippen molar-refractivity contribution < 1.29 is 4.79 Å². The van der Waals surface area contributed by atoms with Gasteiger partial charge in [-0.3, -0.25) is 9.79 Å². The molecule has 2 rings (SSSR count). The molecular formula is C15H13N5O. The summed E-state index contributed by atoms with van der Waals surface area (Å²) in [5.74, 6) is 0.00384. The Morgan fingerprint density at radius 1 is 1.38 bits per heavy atom. The van der Waals surface area contributed by atoms with Gasteiger partial charge in [0.15, 0.2) is 0 Å². The summed E-state index contributed by atoms with van der Waals surface area (Å²) in [7, 11) is 0. The number of carbonyl (C=O) groups is 1. The van der Waals surface area contributed by atoms with Gasteiger partial charge in [-0.25, -0.2) is 5.43 Å². The lowest BCUT2D eigenvalue weighted by molar-refractivity contribution is -0.121. The first kappa shape index (κ1) is 14.4. The second-order valence-electron chi connectivity index (χ2n) is 4.72. The molecule has 0 radical (unpaired) electrons. The summed E-state index contributed by atoms with van der Waals surface area (Å²) in [5, 5.41) is 21.3. The SMILES string of the molecule is C[C@@H]1CC(=O)NN=C1c1ccc(CN=C(C#N)C#N)cc1. The van der Waals surface area contributed by atoms with Gasteiger partial charge in [0.05, 0.1) is 12.3 Å². The van der Waals surface area contributed by atoms with Crippen molar-refractivity contribution in [3.8, 4) is 12.1 Å². The average molecular weight is 279 g/mol. The van der Waals surface area contributed by atoms with Gasteiger partial charge in [-0.05, 0) is 11.1 Å². The van der Waals surface area contributed by atoms with E-state index >= 15 is 0 Å². The minimum Gasteiger partial charge on any atom is -0.273 e. The Hall–Kier alpha value is -2.99. The Balaban J connectivity index is 2.13. The maximum atomic E-state index is 11.2. The zero-order chi connectivity index (χ0) is 15.2. The fourth-order valence-electron chi connectivity index (χ4n) is 2.05. The first-order chi connectivity index (χ1) is 10.1. The fourth-order valence-corrected chi connectivity index (χ4v) is 2.05. The highest BCUT2D eigenvalue weighted by Crippen LogP contribution is 2.17. The van der Waals surface area contributed by atoms with Crippen molar-refractivity contribution in [2.75, 3.05) is 0 Å². The van der Waals surface area contributed by atoms with Gasteiger partial charge in [0.2, 0.25) is 11.6 Å². The first-order valence-corrected chi connectivity index (χ1v) is 6.44. The largest absolute Gasteiger partial charge is 0.273 e. The highest BCUT2D eigenvalue weighted by molar-refractivity contribution is 6.10. The van der Waals surface area contributed by atoms with Crippen molar-refractivity contribution in [3.63, 3.8) is 0 Å². The number of carbonyl (C=O) groups excluding carboxylic acids is 1. The van der Waals surface area contributed by atoms with E-state index in [1.54, 1.807) is 12.1 Å². The van der Waals surface area contributed by atoms with Crippen molar-refractivity contribution in [3.05, 3.63) is 35.4 Å². The molecule has 0 aliphatic carbocycles. The highest BCUT2D eigenvalue weighted by Gasteiger charge is 2.21. The van der Waals surface area contributed by atoms with Crippen LogP contribution in [0, 0.1) is 28.6 Å². The van der Waals surface area contributed by atoms with E-state index in [1.165, 1.54) is 0 Å². The maximum absolute atomic E-state index is 11.2. The fraction of sp³-hybridized carbons (Fsp3) is 0.267. The van der Waals surface area contributed by atoms with E-state index in [4.69, 9.17) is 10.5 Å². The van der Waals surface area contributed by atoms with Crippen LogP contribution in [0.2, 0.25) is 0 Å². The number of hydrogen-bond donors (Lipinski definition) is 1. The van der Waals surface area contributed by atoms with Crippen molar-refractivity contribution >= 4 is 17.3 Å². The van der Waals surface area contributed by atoms with Crippen LogP contribution in [0.1, 0.15) is 24.5 Å². The predicted molar refractivity (Wildman–Crippen MR) is 77.3 cm³/mol. The summed E-state index contributed by atoms with van der Waals surface area (Å²) in [4.78, 5) is 15.1. The van der Waals surface area contributed by atoms with Crippen LogP contribution in [0.5, 0.6) is 0 Å². The van der Waals surface area contributed by atoms with Crippen LogP contribution in [0.3, 0.4) is 0 Å². The third-order valence-corrected chi connectivity index (χ3v) is 3.14. The lowest BCUT2D eigenvalue weighted by Crippen LogP contribution is -2.31. The molecule has 0 spiro atoms. The van der Waals surface area contributed by atoms with Gasteiger partial charge in [-0.1, -0.05) is 31.2 Å². The van der Waals surface area contributed by atoms with Gasteiger partial charge in [0.25, 0.3) is 0 Å². The van der Waals surface area contributed by atoms with Crippen molar-refractivity contribution in [1.29, 1.82) is 10.5 Å². The van der Waals surface area contributed by atoms with Gasteiger partial charge in [-0.2, -0.15) is 15.6 Å². The van der Waals surface area contributed by atoms with E-state index in [-0.39, 0.29) is 24.1 Å². The van der Waals surface area contributed by atoms with E-state index in [2.05, 4.69) is 15.5 Å². The van der Waals surface area contributed by atoms with Gasteiger partial charge in [0, 0.05) is 12.3 Å². The molecule has 1 N–H and O–H groups in total. The van der Waals surface area contributed by atoms with Crippen LogP contribution in [0.4, 0.5) is 0 Å². The zero-order valence-electron chi connectivity index (χ0n) is 11.5. The quantitative estimate of drug-likeness (QED) is 0.849. The second-order valence-corrected chi connectivity index (χ2v) is 4.72. The molecule has 0 saturated heterocycles. The number of hydrazone groups is 1. The molecule has 1 aromatic rings. The van der Waals surface area contributed by atoms with Crippen molar-refractivity contribution in [1.82, 2.24) is 5.43 Å². The molecule has 21 heavy (non-hydrogen) atoms. The molecule has 6 nitrogen and oxygen atoms in total. The Bertz CT molecular complexity index is 672. The Morgan fingerprint density at radius 3 is 2.62 bits per heavy atom. The molecule has 0 fully saturated rings. The van der Waals surface area contributed by atoms with Gasteiger partial charge < -0.3 is 0 Å². The normalized spacial score (nSPS) is 17.0. The molecule has 104 valence electrons. The second kappa shape index (κ2) is 6.44. The molecule has 0 aromatic heterocycles. The Labute approximate surface area is 122 Å². The molecule has 0 unspecified atom stereocenters. The molecule has 0 saturated carbocycles. The number of nitrogens with zero attached hydrogens (tertiary/aromatic N) is 4. The smallest absolute Gasteiger partial charge is 0.240 e. The van der Waals surface area contributed by atoms with Crippen LogP contribution < -0.4 is 5.43 Å². The first-order valence-electron chi connectivity index (χ1n) is 6.44. The molecule has 1 aliphatic rings. The molecular weight excluding hydrogens is 266 g/mol. The van der Waals surface area contributed by atoms with Crippen molar-refractivity contribution in [2.24, 2.45) is 16.0 Å². The molecule has 1 atom stereocenters. The minimum atomic E-state index is -0.132. The maximum Gasteiger partial charge on any atom is 0.240 e. The molecule has 1 aliphatic heterocycles. The summed E-state index contributed by atoms with van der Waals surface area (Å²) in [6.45, 7) is 2.25. The molecule has 1 heterocycles. The monoisotopic (exact) mass is 279 g/mol. The zero-order valence-corrected chi connectivity index (χ0v) is 11.5. The molecule has 6 heteroatoms. The average Bonchev–Trinajstić information content (AvgIpc) is 2.49. The van der Waals surface area contributed by atoms with Crippen LogP contribution in [-0.4, -0.2) is 17.3 Å². The van der Waals surface area contributed by atoms with E-state index in [1.807, 2.05) is 31.2 Å². The number of aliphatic imine (C=N–C) groups is 1. The Kier molecular flexibility index (Phi) is 4.43. The summed E-state index contributed by atoms with van der Waals surface area (Å²) >= 11 is 0. The van der Waals surface area contributed by atoms with E-state index < -0.39 is 0 Å². The van der Waals surface area contributed by atoms with Crippen LogP contribution in [-0.2, 0) is 11.3 Å². The van der Waals surface area contributed by atoms with E-state index in [0.717, 1.165) is 16.8 Å². The molecule has 0 bridgehead atoms. The number of benzene rings is 1. The highest BCUT2D eigenvalue weighted by atomic mass is 16.2. The number of rotatable bonds is 3. The predicted octanol–water partition coefficient (Wildman–Crippen LogP) is 1.53. The van der Waals surface area contributed by atoms with Crippen LogP contribution in [0.15, 0.2) is 34.4 Å². The summed E-state index contributed by atoms with van der Waals surface area (Å²) in [6.07, 6.45) is 0.429. The Morgan fingerprint density at radius 2 is 2.05 bits per heavy atom. The number of hydrogen-bond acceptors (Lipinski definition) is 5. The van der Waals surface area contributed by atoms with Gasteiger partial charge >= 0.3 is 0 Å². The van der Waals surface area contributed by atoms with Crippen LogP contribution in [0.25, 0.3) is 0 Å². The summed E-state index contributed by atoms with van der Waals surface area (Å²) in [6, 6.07) is 11.0. The number of amides is 1. The van der Waals surface area contributed by atoms with E-state index in [9.17, 15) is 4.79 Å². The van der Waals surface area contributed by atoms with Crippen LogP contribution >= 0.6 is 0 Å². The lowest BCUT2D eigenvalue weighted by Gasteiger charge is -2.19. The summed E-state index contributed by atoms with van der Waals surface area (Å²) < 4.78 is 0. The topological polar surface area (TPSA) is 101 Å². The van der Waals surface area contributed by atoms with Gasteiger partial charge in [-0.15, -0.1) is 0 Å². The van der Waals surface area contributed by atoms with E-state index in [0.29, 0.717) is 6.42 Å².